The van der Waals surface area contributed by atoms with Gasteiger partial charge in [0.2, 0.25) is 11.8 Å². The molecule has 6 nitrogen and oxygen atoms in total. The van der Waals surface area contributed by atoms with Gasteiger partial charge in [0.15, 0.2) is 0 Å². The van der Waals surface area contributed by atoms with E-state index >= 15 is 0 Å². The summed E-state index contributed by atoms with van der Waals surface area (Å²) in [5, 5.41) is 5.45. The Balaban J connectivity index is 0.00000441. The highest BCUT2D eigenvalue weighted by Crippen LogP contribution is 2.16. The fourth-order valence-corrected chi connectivity index (χ4v) is 1.67. The zero-order valence-corrected chi connectivity index (χ0v) is 13.7. The monoisotopic (exact) mass is 329 g/mol. The van der Waals surface area contributed by atoms with E-state index in [1.165, 1.54) is 6.92 Å². The molecule has 1 atom stereocenters. The normalized spacial score (nSPS) is 11.0. The number of amides is 2. The minimum Gasteiger partial charge on any atom is -0.492 e. The van der Waals surface area contributed by atoms with Crippen LogP contribution in [0.4, 0.5) is 5.69 Å². The van der Waals surface area contributed by atoms with E-state index < -0.39 is 0 Å². The largest absolute Gasteiger partial charge is 0.492 e. The number of carbonyl (C=O) groups is 2. The fraction of sp³-hybridized carbons (Fsp3) is 0.467. The average Bonchev–Trinajstić information content (AvgIpc) is 2.41. The lowest BCUT2D eigenvalue weighted by atomic mass is 10.2. The summed E-state index contributed by atoms with van der Waals surface area (Å²) in [5.41, 5.74) is 6.27. The molecule has 0 heterocycles. The van der Waals surface area contributed by atoms with E-state index in [2.05, 4.69) is 10.6 Å². The zero-order valence-electron chi connectivity index (χ0n) is 12.9. The molecule has 0 spiro atoms. The standard InChI is InChI=1S/C15H23N3O3.ClH/c1-11(16)6-7-15(20)17-8-9-21-14-5-3-4-13(10-14)18-12(2)19;/h3-5,10-11H,6-9,16H2,1-2H3,(H,17,20)(H,18,19);1H. The summed E-state index contributed by atoms with van der Waals surface area (Å²) in [6.07, 6.45) is 1.10. The van der Waals surface area contributed by atoms with Crippen LogP contribution in [0.2, 0.25) is 0 Å². The molecule has 0 aliphatic carbocycles. The molecule has 7 heteroatoms. The van der Waals surface area contributed by atoms with Gasteiger partial charge in [-0.05, 0) is 25.5 Å². The van der Waals surface area contributed by atoms with Gasteiger partial charge in [-0.15, -0.1) is 12.4 Å². The van der Waals surface area contributed by atoms with Crippen LogP contribution in [0.15, 0.2) is 24.3 Å². The van der Waals surface area contributed by atoms with Crippen LogP contribution in [-0.4, -0.2) is 31.0 Å². The molecule has 0 radical (unpaired) electrons. The maximum atomic E-state index is 11.5. The van der Waals surface area contributed by atoms with Crippen LogP contribution in [0, 0.1) is 0 Å². The molecule has 0 saturated carbocycles. The van der Waals surface area contributed by atoms with Gasteiger partial charge >= 0.3 is 0 Å². The summed E-state index contributed by atoms with van der Waals surface area (Å²) >= 11 is 0. The molecule has 0 fully saturated rings. The molecular formula is C15H24ClN3O3. The topological polar surface area (TPSA) is 93.5 Å². The van der Waals surface area contributed by atoms with E-state index in [4.69, 9.17) is 10.5 Å². The van der Waals surface area contributed by atoms with Gasteiger partial charge in [0.05, 0.1) is 6.54 Å². The van der Waals surface area contributed by atoms with Gasteiger partial charge in [-0.3, -0.25) is 9.59 Å². The lowest BCUT2D eigenvalue weighted by Gasteiger charge is -2.10. The summed E-state index contributed by atoms with van der Waals surface area (Å²) in [5.74, 6) is 0.488. The maximum absolute atomic E-state index is 11.5. The summed E-state index contributed by atoms with van der Waals surface area (Å²) in [6.45, 7) is 4.12. The Hall–Kier alpha value is -1.79. The van der Waals surface area contributed by atoms with Gasteiger partial charge in [-0.2, -0.15) is 0 Å². The fourth-order valence-electron chi connectivity index (χ4n) is 1.67. The number of carbonyl (C=O) groups excluding carboxylic acids is 2. The number of hydrogen-bond donors (Lipinski definition) is 3. The Kier molecular flexibility index (Phi) is 9.98. The van der Waals surface area contributed by atoms with Gasteiger partial charge < -0.3 is 21.1 Å². The molecule has 0 bridgehead atoms. The van der Waals surface area contributed by atoms with Gasteiger partial charge in [-0.1, -0.05) is 6.07 Å². The Labute approximate surface area is 137 Å². The third kappa shape index (κ3) is 9.20. The van der Waals surface area contributed by atoms with Crippen molar-refractivity contribution in [2.24, 2.45) is 5.73 Å². The highest BCUT2D eigenvalue weighted by molar-refractivity contribution is 5.88. The Bertz CT molecular complexity index is 481. The first-order valence-electron chi connectivity index (χ1n) is 7.00. The first kappa shape index (κ1) is 20.2. The Morgan fingerprint density at radius 3 is 2.73 bits per heavy atom. The smallest absolute Gasteiger partial charge is 0.221 e. The van der Waals surface area contributed by atoms with Crippen LogP contribution in [0.1, 0.15) is 26.7 Å². The number of anilines is 1. The van der Waals surface area contributed by atoms with E-state index in [1.807, 2.05) is 6.92 Å². The summed E-state index contributed by atoms with van der Waals surface area (Å²) < 4.78 is 5.51. The molecule has 0 aliphatic heterocycles. The number of rotatable bonds is 8. The molecule has 2 amide bonds. The van der Waals surface area contributed by atoms with Crippen LogP contribution in [0.25, 0.3) is 0 Å². The summed E-state index contributed by atoms with van der Waals surface area (Å²) in [6, 6.07) is 7.14. The van der Waals surface area contributed by atoms with Gasteiger partial charge in [0.25, 0.3) is 0 Å². The van der Waals surface area contributed by atoms with Gasteiger partial charge in [0.1, 0.15) is 12.4 Å². The van der Waals surface area contributed by atoms with Crippen molar-refractivity contribution in [3.05, 3.63) is 24.3 Å². The second-order valence-electron chi connectivity index (χ2n) is 4.92. The molecule has 4 N–H and O–H groups in total. The Morgan fingerprint density at radius 2 is 2.09 bits per heavy atom. The van der Waals surface area contributed by atoms with Crippen LogP contribution >= 0.6 is 12.4 Å². The molecule has 0 aromatic heterocycles. The van der Waals surface area contributed by atoms with E-state index in [0.717, 1.165) is 0 Å². The van der Waals surface area contributed by atoms with Gasteiger partial charge in [0, 0.05) is 31.1 Å². The van der Waals surface area contributed by atoms with Crippen LogP contribution in [0.3, 0.4) is 0 Å². The average molecular weight is 330 g/mol. The third-order valence-corrected chi connectivity index (χ3v) is 2.67. The van der Waals surface area contributed by atoms with E-state index in [9.17, 15) is 9.59 Å². The van der Waals surface area contributed by atoms with Crippen molar-refractivity contribution < 1.29 is 14.3 Å². The van der Waals surface area contributed by atoms with Crippen LogP contribution in [0.5, 0.6) is 5.75 Å². The second-order valence-corrected chi connectivity index (χ2v) is 4.92. The second kappa shape index (κ2) is 10.9. The zero-order chi connectivity index (χ0) is 15.7. The lowest BCUT2D eigenvalue weighted by Crippen LogP contribution is -2.29. The number of benzene rings is 1. The summed E-state index contributed by atoms with van der Waals surface area (Å²) in [7, 11) is 0. The minimum atomic E-state index is -0.131. The number of halogens is 1. The SMILES string of the molecule is CC(=O)Nc1cccc(OCCNC(=O)CCC(C)N)c1.Cl. The molecule has 1 aromatic carbocycles. The quantitative estimate of drug-likeness (QED) is 0.633. The van der Waals surface area contributed by atoms with E-state index in [0.29, 0.717) is 37.4 Å². The lowest BCUT2D eigenvalue weighted by molar-refractivity contribution is -0.121. The van der Waals surface area contributed by atoms with Crippen molar-refractivity contribution in [2.45, 2.75) is 32.7 Å². The van der Waals surface area contributed by atoms with Crippen molar-refractivity contribution in [3.63, 3.8) is 0 Å². The van der Waals surface area contributed by atoms with Crippen LogP contribution < -0.4 is 21.1 Å². The van der Waals surface area contributed by atoms with Crippen molar-refractivity contribution >= 4 is 29.9 Å². The predicted octanol–water partition coefficient (Wildman–Crippen LogP) is 1.69. The first-order valence-corrected chi connectivity index (χ1v) is 7.00. The Morgan fingerprint density at radius 1 is 1.36 bits per heavy atom. The molecule has 1 rings (SSSR count). The van der Waals surface area contributed by atoms with E-state index in [-0.39, 0.29) is 30.3 Å². The number of nitrogens with two attached hydrogens (primary N) is 1. The first-order chi connectivity index (χ1) is 9.97. The van der Waals surface area contributed by atoms with Crippen LogP contribution in [-0.2, 0) is 9.59 Å². The molecule has 0 aliphatic rings. The van der Waals surface area contributed by atoms with Crippen molar-refractivity contribution in [1.82, 2.24) is 5.32 Å². The molecule has 1 unspecified atom stereocenters. The number of hydrogen-bond acceptors (Lipinski definition) is 4. The molecule has 0 saturated heterocycles. The van der Waals surface area contributed by atoms with Crippen molar-refractivity contribution in [2.75, 3.05) is 18.5 Å². The number of nitrogens with one attached hydrogen (secondary N) is 2. The van der Waals surface area contributed by atoms with Crippen molar-refractivity contribution in [1.29, 1.82) is 0 Å². The van der Waals surface area contributed by atoms with E-state index in [1.54, 1.807) is 24.3 Å². The highest BCUT2D eigenvalue weighted by atomic mass is 35.5. The number of ether oxygens (including phenoxy) is 1. The highest BCUT2D eigenvalue weighted by Gasteiger charge is 2.03. The van der Waals surface area contributed by atoms with Crippen molar-refractivity contribution in [3.8, 4) is 5.75 Å². The summed E-state index contributed by atoms with van der Waals surface area (Å²) in [4.78, 5) is 22.4. The predicted molar refractivity (Wildman–Crippen MR) is 89.4 cm³/mol. The molecular weight excluding hydrogens is 306 g/mol. The maximum Gasteiger partial charge on any atom is 0.221 e. The molecule has 1 aromatic rings. The van der Waals surface area contributed by atoms with Gasteiger partial charge in [-0.25, -0.2) is 0 Å². The minimum absolute atomic E-state index is 0. The molecule has 124 valence electrons. The molecule has 22 heavy (non-hydrogen) atoms. The third-order valence-electron chi connectivity index (χ3n) is 2.67.